The first-order chi connectivity index (χ1) is 14.3. The van der Waals surface area contributed by atoms with Gasteiger partial charge >= 0.3 is 0 Å². The van der Waals surface area contributed by atoms with Crippen LogP contribution in [0.2, 0.25) is 0 Å². The molecule has 0 spiro atoms. The third-order valence-corrected chi connectivity index (χ3v) is 5.22. The Labute approximate surface area is 174 Å². The van der Waals surface area contributed by atoms with Crippen molar-refractivity contribution in [3.05, 3.63) is 58.7 Å². The van der Waals surface area contributed by atoms with Gasteiger partial charge in [0, 0.05) is 17.8 Å². The summed E-state index contributed by atoms with van der Waals surface area (Å²) in [6.07, 6.45) is 3.37. The molecule has 3 rings (SSSR count). The zero-order chi connectivity index (χ0) is 21.8. The third kappa shape index (κ3) is 4.98. The summed E-state index contributed by atoms with van der Waals surface area (Å²) in [6, 6.07) is 0.948. The molecule has 1 fully saturated rings. The fourth-order valence-corrected chi connectivity index (χ4v) is 3.45. The highest BCUT2D eigenvalue weighted by atomic mass is 32.1. The van der Waals surface area contributed by atoms with Gasteiger partial charge in [-0.3, -0.25) is 9.59 Å². The molecule has 0 radical (unpaired) electrons. The minimum absolute atomic E-state index is 0.0287. The summed E-state index contributed by atoms with van der Waals surface area (Å²) in [4.78, 5) is 28.9. The number of ketones is 1. The number of nitrogens with zero attached hydrogens (tertiary/aromatic N) is 2. The van der Waals surface area contributed by atoms with Crippen molar-refractivity contribution < 1.29 is 22.9 Å². The van der Waals surface area contributed by atoms with Crippen molar-refractivity contribution in [1.29, 1.82) is 0 Å². The van der Waals surface area contributed by atoms with Gasteiger partial charge in [0.25, 0.3) is 5.91 Å². The number of hydrogen-bond donors (Lipinski definition) is 3. The first-order valence-corrected chi connectivity index (χ1v) is 9.74. The number of carbonyl (C=O) groups excluding carboxylic acids is 2. The van der Waals surface area contributed by atoms with Crippen molar-refractivity contribution >= 4 is 34.0 Å². The summed E-state index contributed by atoms with van der Waals surface area (Å²) in [5.41, 5.74) is 6.30. The van der Waals surface area contributed by atoms with Crippen molar-refractivity contribution in [2.75, 3.05) is 11.1 Å². The van der Waals surface area contributed by atoms with Crippen molar-refractivity contribution in [1.82, 2.24) is 15.5 Å². The van der Waals surface area contributed by atoms with Crippen LogP contribution in [0.5, 0.6) is 0 Å². The number of nitrogens with two attached hydrogens (primary N) is 1. The molecule has 4 N–H and O–H groups in total. The lowest BCUT2D eigenvalue weighted by Gasteiger charge is -2.29. The van der Waals surface area contributed by atoms with Gasteiger partial charge < -0.3 is 20.9 Å². The number of amides is 1. The normalized spacial score (nSPS) is 19.2. The second-order valence-electron chi connectivity index (χ2n) is 6.61. The lowest BCUT2D eigenvalue weighted by Crippen LogP contribution is -2.45. The average molecular weight is 435 g/mol. The van der Waals surface area contributed by atoms with Crippen LogP contribution >= 0.6 is 11.3 Å². The van der Waals surface area contributed by atoms with Gasteiger partial charge in [0.15, 0.2) is 10.8 Å². The number of anilines is 2. The molecule has 1 saturated carbocycles. The monoisotopic (exact) mass is 435 g/mol. The van der Waals surface area contributed by atoms with E-state index in [0.717, 1.165) is 17.4 Å². The molecular formula is C19H19F2N5O3S. The van der Waals surface area contributed by atoms with E-state index < -0.39 is 23.7 Å². The van der Waals surface area contributed by atoms with Crippen LogP contribution in [0.15, 0.2) is 46.9 Å². The van der Waals surface area contributed by atoms with Crippen LogP contribution in [0.25, 0.3) is 0 Å². The lowest BCUT2D eigenvalue weighted by molar-refractivity contribution is 0.0849. The molecule has 0 aliphatic heterocycles. The maximum Gasteiger partial charge on any atom is 0.273 e. The maximum absolute atomic E-state index is 13.1. The number of nitrogens with one attached hydrogen (secondary N) is 2. The van der Waals surface area contributed by atoms with Crippen LogP contribution in [-0.2, 0) is 0 Å². The highest BCUT2D eigenvalue weighted by molar-refractivity contribution is 7.18. The van der Waals surface area contributed by atoms with E-state index >= 15 is 0 Å². The zero-order valence-electron chi connectivity index (χ0n) is 15.9. The first kappa shape index (κ1) is 21.4. The van der Waals surface area contributed by atoms with Gasteiger partial charge in [0.1, 0.15) is 22.7 Å². The molecule has 158 valence electrons. The van der Waals surface area contributed by atoms with E-state index in [9.17, 15) is 18.4 Å². The van der Waals surface area contributed by atoms with E-state index in [1.807, 2.05) is 0 Å². The van der Waals surface area contributed by atoms with Gasteiger partial charge in [-0.1, -0.05) is 23.1 Å². The highest BCUT2D eigenvalue weighted by Crippen LogP contribution is 2.29. The molecule has 2 aromatic heterocycles. The largest absolute Gasteiger partial charge is 0.382 e. The summed E-state index contributed by atoms with van der Waals surface area (Å²) in [7, 11) is 0. The van der Waals surface area contributed by atoms with Crippen molar-refractivity contribution in [2.45, 2.75) is 32.0 Å². The summed E-state index contributed by atoms with van der Waals surface area (Å²) in [6.45, 7) is 4.99. The van der Waals surface area contributed by atoms with E-state index in [-0.39, 0.29) is 41.0 Å². The average Bonchev–Trinajstić information content (AvgIpc) is 3.31. The topological polar surface area (TPSA) is 123 Å². The molecule has 0 saturated heterocycles. The smallest absolute Gasteiger partial charge is 0.273 e. The molecule has 8 nitrogen and oxygen atoms in total. The summed E-state index contributed by atoms with van der Waals surface area (Å²) < 4.78 is 30.9. The van der Waals surface area contributed by atoms with Gasteiger partial charge in [-0.2, -0.15) is 0 Å². The highest BCUT2D eigenvalue weighted by Gasteiger charge is 2.31. The van der Waals surface area contributed by atoms with Gasteiger partial charge in [-0.25, -0.2) is 13.8 Å². The van der Waals surface area contributed by atoms with Crippen LogP contribution in [0.4, 0.5) is 19.7 Å². The summed E-state index contributed by atoms with van der Waals surface area (Å²) in [5.74, 6) is -1.84. The number of hydrogen-bond acceptors (Lipinski definition) is 8. The first-order valence-electron chi connectivity index (χ1n) is 8.93. The minimum Gasteiger partial charge on any atom is -0.382 e. The number of thiazole rings is 1. The van der Waals surface area contributed by atoms with Crippen LogP contribution in [0, 0.1) is 0 Å². The number of allylic oxidation sites excluding steroid dienone is 5. The number of halogens is 2. The van der Waals surface area contributed by atoms with Crippen LogP contribution in [-0.4, -0.2) is 34.0 Å². The molecular weight excluding hydrogens is 416 g/mol. The molecule has 0 bridgehead atoms. The summed E-state index contributed by atoms with van der Waals surface area (Å²) in [5, 5.41) is 9.43. The fourth-order valence-electron chi connectivity index (χ4n) is 2.56. The van der Waals surface area contributed by atoms with Crippen molar-refractivity contribution in [3.8, 4) is 0 Å². The van der Waals surface area contributed by atoms with Crippen LogP contribution < -0.4 is 16.4 Å². The standard InChI is InChI=1S/C19H19F2N5O3S/c1-3-10(20)5-4-9(2)23-19-25-17(22)16(30-19)15(27)14-8-13(26-29-14)18(28)24-12-6-11(21)7-12/h3-5,8,11-12H,1,6-7,22H2,2H3,(H,23,25)(H,24,28)/b9-4+,10-5+/t11-,12-. The quantitative estimate of drug-likeness (QED) is 0.428. The Hall–Kier alpha value is -3.34. The van der Waals surface area contributed by atoms with Crippen LogP contribution in [0.1, 0.15) is 45.7 Å². The Morgan fingerprint density at radius 2 is 2.13 bits per heavy atom. The minimum atomic E-state index is -0.905. The van der Waals surface area contributed by atoms with E-state index in [2.05, 4.69) is 27.4 Å². The Morgan fingerprint density at radius 3 is 2.80 bits per heavy atom. The SMILES string of the molecule is C=C/C(F)=C\C=C(/C)Nc1nc(N)c(C(=O)c2cc(C(=O)N[C@H]3C[C@H](F)C3)no2)s1. The fraction of sp³-hybridized carbons (Fsp3) is 0.263. The molecule has 2 aromatic rings. The predicted molar refractivity (Wildman–Crippen MR) is 109 cm³/mol. The maximum atomic E-state index is 13.1. The van der Waals surface area contributed by atoms with E-state index in [1.54, 1.807) is 6.92 Å². The number of aromatic nitrogens is 2. The van der Waals surface area contributed by atoms with Gasteiger partial charge in [0.05, 0.1) is 0 Å². The van der Waals surface area contributed by atoms with Crippen molar-refractivity contribution in [2.24, 2.45) is 0 Å². The Bertz CT molecular complexity index is 1040. The molecule has 1 aliphatic rings. The molecule has 0 unspecified atom stereocenters. The van der Waals surface area contributed by atoms with Crippen molar-refractivity contribution in [3.63, 3.8) is 0 Å². The molecule has 2 heterocycles. The zero-order valence-corrected chi connectivity index (χ0v) is 16.8. The number of rotatable bonds is 8. The van der Waals surface area contributed by atoms with E-state index in [4.69, 9.17) is 10.3 Å². The second-order valence-corrected chi connectivity index (χ2v) is 7.61. The second kappa shape index (κ2) is 8.99. The number of alkyl halides is 1. The van der Waals surface area contributed by atoms with E-state index in [0.29, 0.717) is 10.8 Å². The Morgan fingerprint density at radius 1 is 1.40 bits per heavy atom. The Balaban J connectivity index is 1.68. The molecule has 11 heteroatoms. The molecule has 0 atom stereocenters. The predicted octanol–water partition coefficient (Wildman–Crippen LogP) is 3.53. The van der Waals surface area contributed by atoms with Crippen LogP contribution in [0.3, 0.4) is 0 Å². The third-order valence-electron chi connectivity index (χ3n) is 4.23. The molecule has 0 aromatic carbocycles. The number of carbonyl (C=O) groups is 2. The van der Waals surface area contributed by atoms with Gasteiger partial charge in [-0.05, 0) is 38.0 Å². The molecule has 1 aliphatic carbocycles. The van der Waals surface area contributed by atoms with Gasteiger partial charge in [0.2, 0.25) is 11.5 Å². The number of nitrogen functional groups attached to an aromatic ring is 1. The summed E-state index contributed by atoms with van der Waals surface area (Å²) >= 11 is 0.970. The Kier molecular flexibility index (Phi) is 6.40. The lowest BCUT2D eigenvalue weighted by atomic mass is 9.91. The van der Waals surface area contributed by atoms with Gasteiger partial charge in [-0.15, -0.1) is 0 Å². The molecule has 1 amide bonds. The molecule has 30 heavy (non-hydrogen) atoms. The van der Waals surface area contributed by atoms with E-state index in [1.165, 1.54) is 18.2 Å².